The average molecular weight is 659 g/mol. The SMILES string of the molecule is [N-]=[N+]=N[C@H](C(=O)Nc1cncc(F)c1CCC1CN(C(=O)O)CC2(CCOCC2)O1)[C@@H](c1ccc(Cl)cc1)c1cc(F)cc(F)c1. The van der Waals surface area contributed by atoms with E-state index >= 15 is 4.39 Å². The molecule has 2 N–H and O–H groups in total. The number of benzene rings is 2. The molecule has 0 radical (unpaired) electrons. The first kappa shape index (κ1) is 33.0. The third kappa shape index (κ3) is 7.71. The number of carbonyl (C=O) groups is 2. The molecule has 3 heterocycles. The van der Waals surface area contributed by atoms with E-state index < -0.39 is 53.1 Å². The quantitative estimate of drug-likeness (QED) is 0.153. The maximum atomic E-state index is 15.2. The molecule has 1 spiro atoms. The molecular weight excluding hydrogens is 629 g/mol. The van der Waals surface area contributed by atoms with E-state index in [0.29, 0.717) is 42.7 Å². The Bertz CT molecular complexity index is 1620. The smallest absolute Gasteiger partial charge is 0.407 e. The Balaban J connectivity index is 1.41. The molecule has 3 atom stereocenters. The number of carbonyl (C=O) groups excluding carboxylic acids is 1. The van der Waals surface area contributed by atoms with Crippen LogP contribution in [0.1, 0.15) is 41.9 Å². The number of aromatic nitrogens is 1. The van der Waals surface area contributed by atoms with Crippen LogP contribution in [0.2, 0.25) is 5.02 Å². The molecule has 11 nitrogen and oxygen atoms in total. The maximum absolute atomic E-state index is 15.2. The number of hydrogen-bond donors (Lipinski definition) is 2. The first-order valence-electron chi connectivity index (χ1n) is 14.5. The minimum atomic E-state index is -1.58. The lowest BCUT2D eigenvalue weighted by Gasteiger charge is -2.47. The molecule has 2 aliphatic heterocycles. The molecule has 5 rings (SSSR count). The van der Waals surface area contributed by atoms with Crippen LogP contribution in [-0.2, 0) is 20.7 Å². The number of ether oxygens (including phenoxy) is 2. The van der Waals surface area contributed by atoms with E-state index in [-0.39, 0.29) is 42.7 Å². The number of halogens is 4. The van der Waals surface area contributed by atoms with Crippen LogP contribution in [0.25, 0.3) is 10.4 Å². The van der Waals surface area contributed by atoms with E-state index in [1.54, 1.807) is 0 Å². The second-order valence-electron chi connectivity index (χ2n) is 11.3. The molecule has 2 aliphatic rings. The zero-order valence-electron chi connectivity index (χ0n) is 24.4. The van der Waals surface area contributed by atoms with Gasteiger partial charge < -0.3 is 24.8 Å². The predicted molar refractivity (Wildman–Crippen MR) is 161 cm³/mol. The van der Waals surface area contributed by atoms with Gasteiger partial charge in [0.15, 0.2) is 0 Å². The van der Waals surface area contributed by atoms with E-state index in [2.05, 4.69) is 20.3 Å². The van der Waals surface area contributed by atoms with Gasteiger partial charge in [0.05, 0.1) is 42.9 Å². The van der Waals surface area contributed by atoms with Crippen molar-refractivity contribution in [2.75, 3.05) is 31.6 Å². The van der Waals surface area contributed by atoms with Gasteiger partial charge in [-0.1, -0.05) is 28.8 Å². The number of morpholine rings is 1. The van der Waals surface area contributed by atoms with Crippen LogP contribution in [-0.4, -0.2) is 71.0 Å². The summed E-state index contributed by atoms with van der Waals surface area (Å²) in [7, 11) is 0. The number of nitrogens with one attached hydrogen (secondary N) is 1. The highest BCUT2D eigenvalue weighted by Gasteiger charge is 2.43. The third-order valence-corrected chi connectivity index (χ3v) is 8.46. The Labute approximate surface area is 266 Å². The number of pyridine rings is 1. The summed E-state index contributed by atoms with van der Waals surface area (Å²) in [4.78, 5) is 33.6. The number of carboxylic acid groups (broad SMARTS) is 1. The molecule has 1 unspecified atom stereocenters. The van der Waals surface area contributed by atoms with Gasteiger partial charge in [-0.2, -0.15) is 0 Å². The molecule has 242 valence electrons. The molecule has 2 aromatic carbocycles. The lowest BCUT2D eigenvalue weighted by Crippen LogP contribution is -2.58. The monoisotopic (exact) mass is 658 g/mol. The van der Waals surface area contributed by atoms with Crippen molar-refractivity contribution < 1.29 is 37.3 Å². The Morgan fingerprint density at radius 3 is 2.48 bits per heavy atom. The van der Waals surface area contributed by atoms with Crippen molar-refractivity contribution in [3.8, 4) is 0 Å². The van der Waals surface area contributed by atoms with Crippen molar-refractivity contribution in [2.24, 2.45) is 5.11 Å². The number of amides is 2. The predicted octanol–water partition coefficient (Wildman–Crippen LogP) is 6.46. The van der Waals surface area contributed by atoms with Crippen LogP contribution in [0.15, 0.2) is 60.0 Å². The largest absolute Gasteiger partial charge is 0.465 e. The van der Waals surface area contributed by atoms with Crippen LogP contribution >= 0.6 is 11.6 Å². The molecule has 0 bridgehead atoms. The van der Waals surface area contributed by atoms with Crippen molar-refractivity contribution in [2.45, 2.75) is 49.3 Å². The third-order valence-electron chi connectivity index (χ3n) is 8.21. The highest BCUT2D eigenvalue weighted by molar-refractivity contribution is 6.30. The van der Waals surface area contributed by atoms with Gasteiger partial charge in [-0.25, -0.2) is 18.0 Å². The fraction of sp³-hybridized carbons (Fsp3) is 0.387. The highest BCUT2D eigenvalue weighted by atomic mass is 35.5. The first-order valence-corrected chi connectivity index (χ1v) is 14.9. The standard InChI is InChI=1S/C31H30ClF3N6O5/c32-20-3-1-18(2-4-20)27(19-11-21(33)13-22(34)12-19)28(39-40-36)29(42)38-26-15-37-14-25(35)24(26)6-5-23-16-41(30(43)44)17-31(46-23)7-9-45-10-8-31/h1-4,11-15,23,27-28H,5-10,16-17H2,(H,38,42)(H,43,44)/t23?,27-,28-/m0/s1. The fourth-order valence-electron chi connectivity index (χ4n) is 6.05. The summed E-state index contributed by atoms with van der Waals surface area (Å²) >= 11 is 6.04. The Morgan fingerprint density at radius 2 is 1.83 bits per heavy atom. The van der Waals surface area contributed by atoms with Gasteiger partial charge in [-0.3, -0.25) is 9.78 Å². The van der Waals surface area contributed by atoms with Crippen molar-refractivity contribution in [1.29, 1.82) is 0 Å². The lowest BCUT2D eigenvalue weighted by molar-refractivity contribution is -0.184. The number of hydrogen-bond acceptors (Lipinski definition) is 6. The zero-order chi connectivity index (χ0) is 32.8. The fourth-order valence-corrected chi connectivity index (χ4v) is 6.17. The van der Waals surface area contributed by atoms with Gasteiger partial charge in [-0.15, -0.1) is 0 Å². The molecular formula is C31H30ClF3N6O5. The van der Waals surface area contributed by atoms with Gasteiger partial charge >= 0.3 is 6.09 Å². The molecule has 3 aromatic rings. The Morgan fingerprint density at radius 1 is 1.13 bits per heavy atom. The molecule has 2 fully saturated rings. The van der Waals surface area contributed by atoms with Crippen molar-refractivity contribution in [3.63, 3.8) is 0 Å². The summed E-state index contributed by atoms with van der Waals surface area (Å²) in [6, 6.07) is 7.25. The van der Waals surface area contributed by atoms with Crippen molar-refractivity contribution in [1.82, 2.24) is 9.88 Å². The van der Waals surface area contributed by atoms with Crippen LogP contribution in [0, 0.1) is 17.5 Å². The van der Waals surface area contributed by atoms with Gasteiger partial charge in [-0.05, 0) is 53.8 Å². The molecule has 0 aliphatic carbocycles. The zero-order valence-corrected chi connectivity index (χ0v) is 25.2. The molecule has 2 saturated heterocycles. The summed E-state index contributed by atoms with van der Waals surface area (Å²) in [5.41, 5.74) is 9.15. The molecule has 0 saturated carbocycles. The summed E-state index contributed by atoms with van der Waals surface area (Å²) in [6.07, 6.45) is 1.85. The van der Waals surface area contributed by atoms with Crippen molar-refractivity contribution >= 4 is 29.3 Å². The molecule has 2 amide bonds. The van der Waals surface area contributed by atoms with Crippen LogP contribution in [0.4, 0.5) is 23.7 Å². The van der Waals surface area contributed by atoms with Gasteiger partial charge in [0.2, 0.25) is 5.91 Å². The van der Waals surface area contributed by atoms with E-state index in [1.165, 1.54) is 35.4 Å². The van der Waals surface area contributed by atoms with Crippen LogP contribution < -0.4 is 5.32 Å². The number of nitrogens with zero attached hydrogens (tertiary/aromatic N) is 5. The van der Waals surface area contributed by atoms with Crippen LogP contribution in [0.3, 0.4) is 0 Å². The number of azide groups is 1. The summed E-state index contributed by atoms with van der Waals surface area (Å²) in [5.74, 6) is -4.58. The summed E-state index contributed by atoms with van der Waals surface area (Å²) in [6.45, 7) is 1.15. The molecule has 46 heavy (non-hydrogen) atoms. The van der Waals surface area contributed by atoms with Gasteiger partial charge in [0.1, 0.15) is 23.5 Å². The molecule has 1 aromatic heterocycles. The normalized spacial score (nSPS) is 18.8. The Hall–Kier alpha value is -4.36. The summed E-state index contributed by atoms with van der Waals surface area (Å²) < 4.78 is 55.7. The van der Waals surface area contributed by atoms with Crippen LogP contribution in [0.5, 0.6) is 0 Å². The van der Waals surface area contributed by atoms with E-state index in [9.17, 15) is 29.0 Å². The maximum Gasteiger partial charge on any atom is 0.407 e. The lowest BCUT2D eigenvalue weighted by atomic mass is 9.84. The van der Waals surface area contributed by atoms with Crippen molar-refractivity contribution in [3.05, 3.63) is 104 Å². The highest BCUT2D eigenvalue weighted by Crippen LogP contribution is 2.35. The molecule has 15 heteroatoms. The number of rotatable bonds is 9. The minimum Gasteiger partial charge on any atom is -0.465 e. The summed E-state index contributed by atoms with van der Waals surface area (Å²) in [5, 5.41) is 16.4. The first-order chi connectivity index (χ1) is 22.1. The average Bonchev–Trinajstić information content (AvgIpc) is 3.01. The topological polar surface area (TPSA) is 150 Å². The second kappa shape index (κ2) is 14.4. The minimum absolute atomic E-state index is 0.0180. The van der Waals surface area contributed by atoms with E-state index in [1.807, 2.05) is 0 Å². The van der Waals surface area contributed by atoms with Gasteiger partial charge in [0, 0.05) is 53.5 Å². The van der Waals surface area contributed by atoms with E-state index in [0.717, 1.165) is 18.3 Å². The van der Waals surface area contributed by atoms with Gasteiger partial charge in [0.25, 0.3) is 0 Å². The Kier molecular flexibility index (Phi) is 10.3. The second-order valence-corrected chi connectivity index (χ2v) is 11.7. The van der Waals surface area contributed by atoms with E-state index in [4.69, 9.17) is 21.1 Å². The number of anilines is 1.